The van der Waals surface area contributed by atoms with E-state index in [1.54, 1.807) is 11.4 Å². The van der Waals surface area contributed by atoms with Crippen molar-refractivity contribution in [2.45, 2.75) is 24.9 Å². The van der Waals surface area contributed by atoms with Gasteiger partial charge in [-0.1, -0.05) is 0 Å². The number of hydrogen-bond donors (Lipinski definition) is 2. The first-order valence-corrected chi connectivity index (χ1v) is 8.44. The summed E-state index contributed by atoms with van der Waals surface area (Å²) in [6.07, 6.45) is 0. The van der Waals surface area contributed by atoms with Crippen molar-refractivity contribution in [1.29, 1.82) is 0 Å². The first kappa shape index (κ1) is 13.6. The number of hydrogen-bond acceptors (Lipinski definition) is 6. The van der Waals surface area contributed by atoms with Crippen LogP contribution in [0.3, 0.4) is 0 Å². The van der Waals surface area contributed by atoms with Crippen LogP contribution in [-0.2, 0) is 23.1 Å². The quantitative estimate of drug-likeness (QED) is 0.875. The molecule has 0 unspecified atom stereocenters. The molecular formula is C10H13N3O2S3. The summed E-state index contributed by atoms with van der Waals surface area (Å²) in [6, 6.07) is 1.57. The van der Waals surface area contributed by atoms with Crippen LogP contribution < -0.4 is 10.5 Å². The highest BCUT2D eigenvalue weighted by molar-refractivity contribution is 7.89. The number of aromatic nitrogens is 1. The Labute approximate surface area is 114 Å². The molecule has 0 radical (unpaired) electrons. The molecule has 98 valence electrons. The third-order valence-corrected chi connectivity index (χ3v) is 5.67. The van der Waals surface area contributed by atoms with Crippen molar-refractivity contribution in [1.82, 2.24) is 9.71 Å². The number of sulfonamides is 1. The molecule has 2 aromatic heterocycles. The van der Waals surface area contributed by atoms with Crippen molar-refractivity contribution in [2.75, 3.05) is 0 Å². The topological polar surface area (TPSA) is 85.1 Å². The van der Waals surface area contributed by atoms with E-state index >= 15 is 0 Å². The van der Waals surface area contributed by atoms with E-state index in [2.05, 4.69) is 9.71 Å². The van der Waals surface area contributed by atoms with E-state index in [4.69, 9.17) is 5.73 Å². The molecule has 0 amide bonds. The lowest BCUT2D eigenvalue weighted by molar-refractivity contribution is 0.580. The van der Waals surface area contributed by atoms with E-state index < -0.39 is 10.0 Å². The lowest BCUT2D eigenvalue weighted by atomic mass is 10.5. The van der Waals surface area contributed by atoms with Crippen molar-refractivity contribution < 1.29 is 8.42 Å². The lowest BCUT2D eigenvalue weighted by Crippen LogP contribution is -2.24. The van der Waals surface area contributed by atoms with Crippen LogP contribution in [0.5, 0.6) is 0 Å². The van der Waals surface area contributed by atoms with Gasteiger partial charge in [-0.3, -0.25) is 0 Å². The van der Waals surface area contributed by atoms with Crippen molar-refractivity contribution >= 4 is 32.7 Å². The summed E-state index contributed by atoms with van der Waals surface area (Å²) < 4.78 is 26.7. The van der Waals surface area contributed by atoms with Gasteiger partial charge in [-0.25, -0.2) is 18.1 Å². The average molecular weight is 303 g/mol. The Morgan fingerprint density at radius 2 is 2.22 bits per heavy atom. The molecule has 5 nitrogen and oxygen atoms in total. The second kappa shape index (κ2) is 5.45. The molecule has 0 saturated carbocycles. The first-order chi connectivity index (χ1) is 8.53. The largest absolute Gasteiger partial charge is 0.326 e. The molecule has 0 aliphatic heterocycles. The molecule has 0 aliphatic carbocycles. The van der Waals surface area contributed by atoms with Crippen LogP contribution in [0.25, 0.3) is 0 Å². The number of nitrogens with one attached hydrogen (secondary N) is 1. The monoisotopic (exact) mass is 303 g/mol. The maximum Gasteiger partial charge on any atom is 0.242 e. The van der Waals surface area contributed by atoms with Gasteiger partial charge in [0.15, 0.2) is 0 Å². The highest BCUT2D eigenvalue weighted by atomic mass is 32.2. The number of nitrogens with two attached hydrogens (primary N) is 1. The second-order valence-corrected chi connectivity index (χ2v) is 7.39. The number of aryl methyl sites for hydroxylation is 1. The molecule has 0 spiro atoms. The summed E-state index contributed by atoms with van der Waals surface area (Å²) in [5.41, 5.74) is 6.24. The minimum absolute atomic E-state index is 0.201. The highest BCUT2D eigenvalue weighted by Crippen LogP contribution is 2.21. The van der Waals surface area contributed by atoms with Gasteiger partial charge in [0, 0.05) is 16.8 Å². The molecule has 0 bridgehead atoms. The Morgan fingerprint density at radius 3 is 2.83 bits per heavy atom. The molecule has 8 heteroatoms. The molecule has 0 aliphatic rings. The summed E-state index contributed by atoms with van der Waals surface area (Å²) in [7, 11) is -3.50. The third-order valence-electron chi connectivity index (χ3n) is 2.29. The van der Waals surface area contributed by atoms with E-state index in [1.165, 1.54) is 22.7 Å². The van der Waals surface area contributed by atoms with Gasteiger partial charge >= 0.3 is 0 Å². The smallest absolute Gasteiger partial charge is 0.242 e. The van der Waals surface area contributed by atoms with Gasteiger partial charge < -0.3 is 5.73 Å². The highest BCUT2D eigenvalue weighted by Gasteiger charge is 2.18. The second-order valence-electron chi connectivity index (χ2n) is 3.59. The van der Waals surface area contributed by atoms with Gasteiger partial charge in [0.1, 0.15) is 0 Å². The van der Waals surface area contributed by atoms with E-state index in [0.717, 1.165) is 10.7 Å². The maximum absolute atomic E-state index is 12.1. The zero-order chi connectivity index (χ0) is 13.2. The van der Waals surface area contributed by atoms with Gasteiger partial charge in [-0.2, -0.15) is 0 Å². The normalized spacial score (nSPS) is 11.9. The Bertz CT molecular complexity index is 630. The van der Waals surface area contributed by atoms with Crippen molar-refractivity contribution in [3.63, 3.8) is 0 Å². The third kappa shape index (κ3) is 2.96. The van der Waals surface area contributed by atoms with Gasteiger partial charge in [-0.05, 0) is 18.4 Å². The molecule has 0 aromatic carbocycles. The van der Waals surface area contributed by atoms with E-state index in [-0.39, 0.29) is 18.0 Å². The molecule has 0 atom stereocenters. The van der Waals surface area contributed by atoms with E-state index in [9.17, 15) is 8.42 Å². The molecule has 0 fully saturated rings. The number of thiazole rings is 1. The number of nitrogens with zero attached hydrogens (tertiary/aromatic N) is 1. The lowest BCUT2D eigenvalue weighted by Gasteiger charge is -2.05. The Hall–Kier alpha value is -0.800. The van der Waals surface area contributed by atoms with Crippen LogP contribution in [0.15, 0.2) is 21.7 Å². The standard InChI is InChI=1S/C10H13N3O2S3/c1-7-13-8(6-17-7)5-12-18(14,15)10-2-3-16-9(10)4-11/h2-3,6,12H,4-5,11H2,1H3. The molecule has 0 saturated heterocycles. The summed E-state index contributed by atoms with van der Waals surface area (Å²) in [5.74, 6) is 0. The van der Waals surface area contributed by atoms with Crippen LogP contribution in [0.2, 0.25) is 0 Å². The van der Waals surface area contributed by atoms with Gasteiger partial charge in [0.05, 0.1) is 22.1 Å². The Balaban J connectivity index is 2.13. The van der Waals surface area contributed by atoms with E-state index in [0.29, 0.717) is 4.88 Å². The van der Waals surface area contributed by atoms with Crippen LogP contribution in [0, 0.1) is 6.92 Å². The summed E-state index contributed by atoms with van der Waals surface area (Å²) in [5, 5.41) is 4.49. The molecule has 3 N–H and O–H groups in total. The average Bonchev–Trinajstić information content (AvgIpc) is 2.95. The summed E-state index contributed by atoms with van der Waals surface area (Å²) in [6.45, 7) is 2.31. The van der Waals surface area contributed by atoms with E-state index in [1.807, 2.05) is 12.3 Å². The number of thiophene rings is 1. The minimum atomic E-state index is -3.50. The SMILES string of the molecule is Cc1nc(CNS(=O)(=O)c2ccsc2CN)cs1. The first-order valence-electron chi connectivity index (χ1n) is 5.20. The predicted octanol–water partition coefficient (Wildman–Crippen LogP) is 1.45. The molecular weight excluding hydrogens is 290 g/mol. The number of rotatable bonds is 5. The molecule has 2 aromatic rings. The van der Waals surface area contributed by atoms with Gasteiger partial charge in [0.2, 0.25) is 10.0 Å². The summed E-state index contributed by atoms with van der Waals surface area (Å²) in [4.78, 5) is 5.14. The van der Waals surface area contributed by atoms with Gasteiger partial charge in [-0.15, -0.1) is 22.7 Å². The van der Waals surface area contributed by atoms with Crippen LogP contribution in [0.4, 0.5) is 0 Å². The van der Waals surface area contributed by atoms with Gasteiger partial charge in [0.25, 0.3) is 0 Å². The fraction of sp³-hybridized carbons (Fsp3) is 0.300. The predicted molar refractivity (Wildman–Crippen MR) is 73.1 cm³/mol. The van der Waals surface area contributed by atoms with Crippen molar-refractivity contribution in [3.05, 3.63) is 32.4 Å². The zero-order valence-corrected chi connectivity index (χ0v) is 12.2. The zero-order valence-electron chi connectivity index (χ0n) is 9.71. The van der Waals surface area contributed by atoms with Crippen molar-refractivity contribution in [3.8, 4) is 0 Å². The minimum Gasteiger partial charge on any atom is -0.326 e. The Kier molecular flexibility index (Phi) is 4.13. The van der Waals surface area contributed by atoms with Crippen molar-refractivity contribution in [2.24, 2.45) is 5.73 Å². The Morgan fingerprint density at radius 1 is 1.44 bits per heavy atom. The summed E-state index contributed by atoms with van der Waals surface area (Å²) >= 11 is 2.84. The molecule has 18 heavy (non-hydrogen) atoms. The molecule has 2 rings (SSSR count). The van der Waals surface area contributed by atoms with Crippen LogP contribution in [-0.4, -0.2) is 13.4 Å². The fourth-order valence-corrected chi connectivity index (χ4v) is 4.40. The maximum atomic E-state index is 12.1. The van der Waals surface area contributed by atoms with Crippen LogP contribution >= 0.6 is 22.7 Å². The van der Waals surface area contributed by atoms with Crippen LogP contribution in [0.1, 0.15) is 15.6 Å². The molecule has 2 heterocycles. The fourth-order valence-electron chi connectivity index (χ4n) is 1.45.